The zero-order valence-electron chi connectivity index (χ0n) is 12.1. The standard InChI is InChI=1S/C13H21F3N4/c1-4-10-19-11(17-5-2)9(3)12(20-10)18-8-6-7-13(14,15)16/h4-8H2,1-3H3,(H2,17,18,19,20). The fraction of sp³-hybridized carbons (Fsp3) is 0.692. The Kier molecular flexibility index (Phi) is 6.04. The van der Waals surface area contributed by atoms with E-state index in [0.717, 1.165) is 17.9 Å². The molecule has 0 aliphatic heterocycles. The van der Waals surface area contributed by atoms with Gasteiger partial charge in [-0.25, -0.2) is 9.97 Å². The lowest BCUT2D eigenvalue weighted by atomic mass is 10.2. The summed E-state index contributed by atoms with van der Waals surface area (Å²) in [6.07, 6.45) is -4.18. The van der Waals surface area contributed by atoms with Gasteiger partial charge >= 0.3 is 6.18 Å². The Morgan fingerprint density at radius 1 is 1.05 bits per heavy atom. The number of rotatable bonds is 7. The fourth-order valence-electron chi connectivity index (χ4n) is 1.73. The largest absolute Gasteiger partial charge is 0.389 e. The zero-order valence-corrected chi connectivity index (χ0v) is 12.1. The van der Waals surface area contributed by atoms with Crippen LogP contribution in [0.25, 0.3) is 0 Å². The van der Waals surface area contributed by atoms with Gasteiger partial charge < -0.3 is 10.6 Å². The first-order valence-corrected chi connectivity index (χ1v) is 6.79. The van der Waals surface area contributed by atoms with Gasteiger partial charge in [0.2, 0.25) is 0 Å². The topological polar surface area (TPSA) is 49.8 Å². The van der Waals surface area contributed by atoms with Crippen LogP contribution in [-0.4, -0.2) is 29.2 Å². The molecule has 0 saturated heterocycles. The van der Waals surface area contributed by atoms with Crippen LogP contribution in [0, 0.1) is 6.92 Å². The quantitative estimate of drug-likeness (QED) is 0.754. The highest BCUT2D eigenvalue weighted by Gasteiger charge is 2.25. The molecule has 0 aliphatic carbocycles. The third-order valence-electron chi connectivity index (χ3n) is 2.78. The number of nitrogens with zero attached hydrogens (tertiary/aromatic N) is 2. The van der Waals surface area contributed by atoms with E-state index in [1.54, 1.807) is 0 Å². The second-order valence-corrected chi connectivity index (χ2v) is 4.49. The summed E-state index contributed by atoms with van der Waals surface area (Å²) in [5.74, 6) is 2.01. The van der Waals surface area contributed by atoms with Crippen LogP contribution in [0.5, 0.6) is 0 Å². The van der Waals surface area contributed by atoms with Crippen molar-refractivity contribution in [2.24, 2.45) is 0 Å². The van der Waals surface area contributed by atoms with Crippen LogP contribution in [-0.2, 0) is 6.42 Å². The van der Waals surface area contributed by atoms with E-state index >= 15 is 0 Å². The molecular formula is C13H21F3N4. The van der Waals surface area contributed by atoms with Gasteiger partial charge in [-0.3, -0.25) is 0 Å². The van der Waals surface area contributed by atoms with E-state index in [-0.39, 0.29) is 13.0 Å². The van der Waals surface area contributed by atoms with Crippen LogP contribution < -0.4 is 10.6 Å². The SMILES string of the molecule is CCNc1nc(CC)nc(NCCCC(F)(F)F)c1C. The molecule has 2 N–H and O–H groups in total. The van der Waals surface area contributed by atoms with Gasteiger partial charge in [0.15, 0.2) is 0 Å². The lowest BCUT2D eigenvalue weighted by Crippen LogP contribution is -2.14. The molecule has 0 unspecified atom stereocenters. The van der Waals surface area contributed by atoms with Crippen LogP contribution in [0.3, 0.4) is 0 Å². The summed E-state index contributed by atoms with van der Waals surface area (Å²) in [6.45, 7) is 6.72. The number of aromatic nitrogens is 2. The molecule has 1 aromatic heterocycles. The molecule has 0 saturated carbocycles. The summed E-state index contributed by atoms with van der Waals surface area (Å²) in [7, 11) is 0. The molecule has 0 aliphatic rings. The molecule has 7 heteroatoms. The molecule has 0 spiro atoms. The summed E-state index contributed by atoms with van der Waals surface area (Å²) in [6, 6.07) is 0. The Balaban J connectivity index is 2.70. The number of halogens is 3. The highest BCUT2D eigenvalue weighted by molar-refractivity contribution is 5.57. The Bertz CT molecular complexity index is 432. The van der Waals surface area contributed by atoms with Crippen LogP contribution in [0.2, 0.25) is 0 Å². The third-order valence-corrected chi connectivity index (χ3v) is 2.78. The van der Waals surface area contributed by atoms with E-state index in [1.165, 1.54) is 0 Å². The van der Waals surface area contributed by atoms with Gasteiger partial charge in [0.05, 0.1) is 0 Å². The molecule has 0 atom stereocenters. The minimum Gasteiger partial charge on any atom is -0.370 e. The predicted octanol–water partition coefficient (Wildman–Crippen LogP) is 3.53. The minimum absolute atomic E-state index is 0.0327. The predicted molar refractivity (Wildman–Crippen MR) is 74.1 cm³/mol. The number of aryl methyl sites for hydroxylation is 1. The van der Waals surface area contributed by atoms with Crippen molar-refractivity contribution >= 4 is 11.6 Å². The second kappa shape index (κ2) is 7.31. The Hall–Kier alpha value is -1.53. The molecule has 20 heavy (non-hydrogen) atoms. The van der Waals surface area contributed by atoms with Gasteiger partial charge in [-0.15, -0.1) is 0 Å². The van der Waals surface area contributed by atoms with E-state index < -0.39 is 12.6 Å². The van der Waals surface area contributed by atoms with Gasteiger partial charge in [0.25, 0.3) is 0 Å². The van der Waals surface area contributed by atoms with E-state index in [9.17, 15) is 13.2 Å². The number of alkyl halides is 3. The first-order valence-electron chi connectivity index (χ1n) is 6.79. The van der Waals surface area contributed by atoms with Gasteiger partial charge in [-0.2, -0.15) is 13.2 Å². The Labute approximate surface area is 117 Å². The van der Waals surface area contributed by atoms with Gasteiger partial charge in [-0.1, -0.05) is 6.92 Å². The van der Waals surface area contributed by atoms with Crippen molar-refractivity contribution in [1.29, 1.82) is 0 Å². The van der Waals surface area contributed by atoms with Crippen molar-refractivity contribution in [3.05, 3.63) is 11.4 Å². The van der Waals surface area contributed by atoms with Crippen molar-refractivity contribution in [1.82, 2.24) is 9.97 Å². The lowest BCUT2D eigenvalue weighted by Gasteiger charge is -2.14. The van der Waals surface area contributed by atoms with Crippen molar-refractivity contribution < 1.29 is 13.2 Å². The molecule has 0 radical (unpaired) electrons. The number of hydrogen-bond donors (Lipinski definition) is 2. The zero-order chi connectivity index (χ0) is 15.2. The molecule has 0 aromatic carbocycles. The van der Waals surface area contributed by atoms with Gasteiger partial charge in [0.1, 0.15) is 17.5 Å². The summed E-state index contributed by atoms with van der Waals surface area (Å²) in [5.41, 5.74) is 0.830. The Morgan fingerprint density at radius 3 is 2.15 bits per heavy atom. The number of nitrogens with one attached hydrogen (secondary N) is 2. The monoisotopic (exact) mass is 290 g/mol. The molecule has 4 nitrogen and oxygen atoms in total. The highest BCUT2D eigenvalue weighted by Crippen LogP contribution is 2.23. The van der Waals surface area contributed by atoms with Crippen LogP contribution in [0.4, 0.5) is 24.8 Å². The average Bonchev–Trinajstić information content (AvgIpc) is 2.37. The van der Waals surface area contributed by atoms with Crippen LogP contribution >= 0.6 is 0 Å². The van der Waals surface area contributed by atoms with Crippen molar-refractivity contribution in [3.8, 4) is 0 Å². The molecule has 1 rings (SSSR count). The third kappa shape index (κ3) is 5.22. The number of hydrogen-bond acceptors (Lipinski definition) is 4. The molecule has 0 bridgehead atoms. The fourth-order valence-corrected chi connectivity index (χ4v) is 1.73. The molecule has 114 valence electrons. The van der Waals surface area contributed by atoms with E-state index in [1.807, 2.05) is 20.8 Å². The summed E-state index contributed by atoms with van der Waals surface area (Å²) < 4.78 is 36.2. The molecule has 0 amide bonds. The maximum absolute atomic E-state index is 12.1. The van der Waals surface area contributed by atoms with E-state index in [2.05, 4.69) is 20.6 Å². The summed E-state index contributed by atoms with van der Waals surface area (Å²) in [4.78, 5) is 8.69. The molecule has 0 fully saturated rings. The van der Waals surface area contributed by atoms with Crippen LogP contribution in [0.1, 0.15) is 38.1 Å². The first-order chi connectivity index (χ1) is 9.37. The first kappa shape index (κ1) is 16.5. The van der Waals surface area contributed by atoms with E-state index in [0.29, 0.717) is 18.1 Å². The summed E-state index contributed by atoms with van der Waals surface area (Å²) in [5, 5.41) is 6.10. The molecule has 1 aromatic rings. The Morgan fingerprint density at radius 2 is 1.65 bits per heavy atom. The summed E-state index contributed by atoms with van der Waals surface area (Å²) >= 11 is 0. The van der Waals surface area contributed by atoms with Crippen molar-refractivity contribution in [2.75, 3.05) is 23.7 Å². The average molecular weight is 290 g/mol. The second-order valence-electron chi connectivity index (χ2n) is 4.49. The maximum Gasteiger partial charge on any atom is 0.389 e. The highest BCUT2D eigenvalue weighted by atomic mass is 19.4. The van der Waals surface area contributed by atoms with E-state index in [4.69, 9.17) is 0 Å². The van der Waals surface area contributed by atoms with Crippen LogP contribution in [0.15, 0.2) is 0 Å². The smallest absolute Gasteiger partial charge is 0.370 e. The minimum atomic E-state index is -4.11. The van der Waals surface area contributed by atoms with Gasteiger partial charge in [0, 0.05) is 31.5 Å². The van der Waals surface area contributed by atoms with Gasteiger partial charge in [-0.05, 0) is 20.3 Å². The molecular weight excluding hydrogens is 269 g/mol. The lowest BCUT2D eigenvalue weighted by molar-refractivity contribution is -0.134. The van der Waals surface area contributed by atoms with Crippen molar-refractivity contribution in [2.45, 2.75) is 46.2 Å². The van der Waals surface area contributed by atoms with Crippen molar-refractivity contribution in [3.63, 3.8) is 0 Å². The maximum atomic E-state index is 12.1. The number of anilines is 2. The molecule has 1 heterocycles. The normalized spacial score (nSPS) is 11.5.